The first-order valence-corrected chi connectivity index (χ1v) is 6.66. The highest BCUT2D eigenvalue weighted by Crippen LogP contribution is 2.23. The van der Waals surface area contributed by atoms with Gasteiger partial charge in [0.2, 0.25) is 0 Å². The molecule has 0 aliphatic carbocycles. The Labute approximate surface area is 119 Å². The molecule has 1 aromatic carbocycles. The van der Waals surface area contributed by atoms with E-state index in [1.165, 1.54) is 5.56 Å². The lowest BCUT2D eigenvalue weighted by Gasteiger charge is -2.18. The van der Waals surface area contributed by atoms with Crippen LogP contribution in [0.3, 0.4) is 0 Å². The van der Waals surface area contributed by atoms with Crippen molar-refractivity contribution in [1.29, 1.82) is 0 Å². The van der Waals surface area contributed by atoms with E-state index in [0.717, 1.165) is 5.56 Å². The molecule has 5 nitrogen and oxygen atoms in total. The first kappa shape index (κ1) is 14.7. The summed E-state index contributed by atoms with van der Waals surface area (Å²) in [6.45, 7) is 6.46. The zero-order valence-corrected chi connectivity index (χ0v) is 12.4. The molecular formula is C15H21N3O2. The maximum Gasteiger partial charge on any atom is 0.257 e. The molecule has 0 amide bonds. The number of rotatable bonds is 5. The van der Waals surface area contributed by atoms with Gasteiger partial charge in [0.05, 0.1) is 6.61 Å². The van der Waals surface area contributed by atoms with Crippen LogP contribution >= 0.6 is 0 Å². The molecule has 0 aliphatic heterocycles. The third-order valence-electron chi connectivity index (χ3n) is 3.21. The molecular weight excluding hydrogens is 254 g/mol. The second kappa shape index (κ2) is 5.73. The highest BCUT2D eigenvalue weighted by Gasteiger charge is 2.27. The number of nitrogens with zero attached hydrogens (tertiary/aromatic N) is 2. The van der Waals surface area contributed by atoms with E-state index in [1.807, 2.05) is 19.1 Å². The fraction of sp³-hybridized carbons (Fsp3) is 0.467. The molecule has 2 N–H and O–H groups in total. The lowest BCUT2D eigenvalue weighted by atomic mass is 10.0. The van der Waals surface area contributed by atoms with Crippen molar-refractivity contribution in [2.75, 3.05) is 13.7 Å². The summed E-state index contributed by atoms with van der Waals surface area (Å²) in [5.41, 5.74) is 7.50. The minimum atomic E-state index is -0.756. The average molecular weight is 275 g/mol. The van der Waals surface area contributed by atoms with Crippen molar-refractivity contribution in [1.82, 2.24) is 10.1 Å². The zero-order chi connectivity index (χ0) is 14.8. The molecule has 0 saturated carbocycles. The van der Waals surface area contributed by atoms with E-state index in [4.69, 9.17) is 15.0 Å². The normalized spacial score (nSPS) is 14.5. The minimum Gasteiger partial charge on any atom is -0.382 e. The smallest absolute Gasteiger partial charge is 0.257 e. The van der Waals surface area contributed by atoms with Crippen LogP contribution in [0.4, 0.5) is 0 Å². The molecule has 1 heterocycles. The number of benzene rings is 1. The van der Waals surface area contributed by atoms with Crippen LogP contribution in [0.2, 0.25) is 0 Å². The number of methoxy groups -OCH3 is 1. The van der Waals surface area contributed by atoms with E-state index in [0.29, 0.717) is 24.2 Å². The fourth-order valence-electron chi connectivity index (χ4n) is 1.95. The van der Waals surface area contributed by atoms with Crippen LogP contribution < -0.4 is 5.73 Å². The first-order chi connectivity index (χ1) is 9.44. The Balaban J connectivity index is 2.24. The van der Waals surface area contributed by atoms with Gasteiger partial charge in [-0.3, -0.25) is 0 Å². The summed E-state index contributed by atoms with van der Waals surface area (Å²) in [7, 11) is 1.59. The molecule has 0 fully saturated rings. The lowest BCUT2D eigenvalue weighted by molar-refractivity contribution is 0.135. The molecule has 0 spiro atoms. The molecule has 2 rings (SSSR count). The fourth-order valence-corrected chi connectivity index (χ4v) is 1.95. The highest BCUT2D eigenvalue weighted by atomic mass is 16.5. The summed E-state index contributed by atoms with van der Waals surface area (Å²) < 4.78 is 10.4. The van der Waals surface area contributed by atoms with Crippen molar-refractivity contribution < 1.29 is 9.26 Å². The van der Waals surface area contributed by atoms with Gasteiger partial charge >= 0.3 is 0 Å². The topological polar surface area (TPSA) is 74.2 Å². The molecule has 1 unspecified atom stereocenters. The largest absolute Gasteiger partial charge is 0.382 e. The molecule has 0 saturated heterocycles. The summed E-state index contributed by atoms with van der Waals surface area (Å²) in [6.07, 6.45) is 0. The van der Waals surface area contributed by atoms with Gasteiger partial charge in [-0.15, -0.1) is 0 Å². The number of hydrogen-bond acceptors (Lipinski definition) is 5. The predicted molar refractivity (Wildman–Crippen MR) is 77.2 cm³/mol. The average Bonchev–Trinajstić information content (AvgIpc) is 2.89. The van der Waals surface area contributed by atoms with E-state index < -0.39 is 5.54 Å². The molecule has 0 radical (unpaired) electrons. The van der Waals surface area contributed by atoms with Crippen molar-refractivity contribution in [2.45, 2.75) is 32.2 Å². The maximum atomic E-state index is 6.09. The van der Waals surface area contributed by atoms with Crippen LogP contribution in [0.1, 0.15) is 38.1 Å². The van der Waals surface area contributed by atoms with E-state index in [1.54, 1.807) is 7.11 Å². The van der Waals surface area contributed by atoms with Gasteiger partial charge in [0.15, 0.2) is 5.82 Å². The summed E-state index contributed by atoms with van der Waals surface area (Å²) in [4.78, 5) is 4.36. The predicted octanol–water partition coefficient (Wildman–Crippen LogP) is 2.68. The van der Waals surface area contributed by atoms with Crippen molar-refractivity contribution in [3.05, 3.63) is 35.7 Å². The third-order valence-corrected chi connectivity index (χ3v) is 3.21. The molecule has 1 atom stereocenters. The number of nitrogens with two attached hydrogens (primary N) is 1. The molecule has 0 aliphatic rings. The van der Waals surface area contributed by atoms with Crippen LogP contribution in [-0.2, 0) is 10.3 Å². The second-order valence-corrected chi connectivity index (χ2v) is 5.55. The van der Waals surface area contributed by atoms with Crippen molar-refractivity contribution in [2.24, 2.45) is 5.73 Å². The summed E-state index contributed by atoms with van der Waals surface area (Å²) in [5, 5.41) is 3.95. The van der Waals surface area contributed by atoms with E-state index in [9.17, 15) is 0 Å². The highest BCUT2D eigenvalue weighted by molar-refractivity contribution is 5.53. The Hall–Kier alpha value is -1.72. The number of ether oxygens (including phenoxy) is 1. The quantitative estimate of drug-likeness (QED) is 0.908. The number of aromatic nitrogens is 2. The van der Waals surface area contributed by atoms with Gasteiger partial charge in [0.1, 0.15) is 5.54 Å². The summed E-state index contributed by atoms with van der Waals surface area (Å²) in [5.74, 6) is 1.42. The van der Waals surface area contributed by atoms with E-state index in [-0.39, 0.29) is 0 Å². The summed E-state index contributed by atoms with van der Waals surface area (Å²) in [6, 6.07) is 8.11. The van der Waals surface area contributed by atoms with Gasteiger partial charge in [-0.25, -0.2) is 0 Å². The van der Waals surface area contributed by atoms with E-state index in [2.05, 4.69) is 36.1 Å². The molecule has 2 aromatic rings. The van der Waals surface area contributed by atoms with Crippen LogP contribution in [0.25, 0.3) is 11.5 Å². The maximum absolute atomic E-state index is 6.09. The van der Waals surface area contributed by atoms with Crippen LogP contribution in [0.15, 0.2) is 28.8 Å². The van der Waals surface area contributed by atoms with Crippen molar-refractivity contribution in [3.63, 3.8) is 0 Å². The minimum absolute atomic E-state index is 0.332. The van der Waals surface area contributed by atoms with Gasteiger partial charge in [-0.05, 0) is 30.5 Å². The van der Waals surface area contributed by atoms with Gasteiger partial charge in [-0.1, -0.05) is 31.1 Å². The van der Waals surface area contributed by atoms with Crippen molar-refractivity contribution in [3.8, 4) is 11.5 Å². The molecule has 108 valence electrons. The first-order valence-electron chi connectivity index (χ1n) is 6.66. The standard InChI is InChI=1S/C15H21N3O2/c1-10(2)11-5-7-12(8-6-11)13-17-14(18-20-13)15(3,16)9-19-4/h5-8,10H,9,16H2,1-4H3. The Morgan fingerprint density at radius 2 is 1.95 bits per heavy atom. The zero-order valence-electron chi connectivity index (χ0n) is 12.4. The van der Waals surface area contributed by atoms with E-state index >= 15 is 0 Å². The Morgan fingerprint density at radius 1 is 1.30 bits per heavy atom. The molecule has 20 heavy (non-hydrogen) atoms. The SMILES string of the molecule is COCC(C)(N)c1noc(-c2ccc(C(C)C)cc2)n1. The molecule has 5 heteroatoms. The monoisotopic (exact) mass is 275 g/mol. The van der Waals surface area contributed by atoms with Gasteiger partial charge in [0, 0.05) is 12.7 Å². The lowest BCUT2D eigenvalue weighted by Crippen LogP contribution is -2.38. The van der Waals surface area contributed by atoms with Crippen LogP contribution in [-0.4, -0.2) is 23.9 Å². The second-order valence-electron chi connectivity index (χ2n) is 5.55. The van der Waals surface area contributed by atoms with Gasteiger partial charge in [-0.2, -0.15) is 4.98 Å². The molecule has 0 bridgehead atoms. The van der Waals surface area contributed by atoms with Gasteiger partial charge in [0.25, 0.3) is 5.89 Å². The Morgan fingerprint density at radius 3 is 2.50 bits per heavy atom. The molecule has 1 aromatic heterocycles. The Kier molecular flexibility index (Phi) is 4.20. The van der Waals surface area contributed by atoms with Crippen LogP contribution in [0.5, 0.6) is 0 Å². The number of hydrogen-bond donors (Lipinski definition) is 1. The van der Waals surface area contributed by atoms with Crippen LogP contribution in [0, 0.1) is 0 Å². The Bertz CT molecular complexity index is 559. The van der Waals surface area contributed by atoms with Crippen molar-refractivity contribution >= 4 is 0 Å². The summed E-state index contributed by atoms with van der Waals surface area (Å²) >= 11 is 0. The van der Waals surface area contributed by atoms with Gasteiger partial charge < -0.3 is 15.0 Å². The third kappa shape index (κ3) is 3.05.